The van der Waals surface area contributed by atoms with E-state index in [1.807, 2.05) is 24.3 Å². The monoisotopic (exact) mass is 546 g/mol. The highest BCUT2D eigenvalue weighted by Crippen LogP contribution is 2.34. The van der Waals surface area contributed by atoms with Crippen molar-refractivity contribution in [3.05, 3.63) is 69.8 Å². The third kappa shape index (κ3) is 7.21. The van der Waals surface area contributed by atoms with Gasteiger partial charge in [-0.2, -0.15) is 0 Å². The molecule has 2 aromatic carbocycles. The van der Waals surface area contributed by atoms with E-state index in [1.54, 1.807) is 14.2 Å². The van der Waals surface area contributed by atoms with Crippen molar-refractivity contribution in [3.8, 4) is 11.5 Å². The molecule has 0 spiro atoms. The molecule has 2 heterocycles. The van der Waals surface area contributed by atoms with Crippen LogP contribution in [0.5, 0.6) is 11.5 Å². The molecule has 0 N–H and O–H groups in total. The van der Waals surface area contributed by atoms with Gasteiger partial charge in [-0.25, -0.2) is 0 Å². The summed E-state index contributed by atoms with van der Waals surface area (Å²) in [6.07, 6.45) is 5.72. The maximum absolute atomic E-state index is 13.7. The second kappa shape index (κ2) is 13.6. The van der Waals surface area contributed by atoms with Gasteiger partial charge in [0.15, 0.2) is 5.78 Å². The number of hydrogen-bond acceptors (Lipinski definition) is 7. The van der Waals surface area contributed by atoms with Crippen LogP contribution in [0, 0.1) is 5.92 Å². The Hall–Kier alpha value is -2.97. The smallest absolute Gasteiger partial charge is 0.185 e. The Labute approximate surface area is 238 Å². The van der Waals surface area contributed by atoms with Gasteiger partial charge in [0.05, 0.1) is 40.6 Å². The second-order valence-corrected chi connectivity index (χ2v) is 11.1. The van der Waals surface area contributed by atoms with Gasteiger partial charge >= 0.3 is 0 Å². The minimum absolute atomic E-state index is 0.147. The van der Waals surface area contributed by atoms with Crippen LogP contribution in [0.2, 0.25) is 0 Å². The van der Waals surface area contributed by atoms with Gasteiger partial charge < -0.3 is 18.9 Å². The molecule has 2 aromatic rings. The molecule has 7 heteroatoms. The van der Waals surface area contributed by atoms with Gasteiger partial charge in [-0.15, -0.1) is 0 Å². The molecule has 3 aliphatic rings. The lowest BCUT2D eigenvalue weighted by molar-refractivity contribution is -0.113. The maximum Gasteiger partial charge on any atom is 0.185 e. The van der Waals surface area contributed by atoms with E-state index in [9.17, 15) is 4.79 Å². The van der Waals surface area contributed by atoms with Gasteiger partial charge in [0, 0.05) is 61.5 Å². The molecule has 2 saturated heterocycles. The number of allylic oxidation sites excluding steroid dienone is 2. The van der Waals surface area contributed by atoms with E-state index in [-0.39, 0.29) is 5.78 Å². The lowest BCUT2D eigenvalue weighted by Crippen LogP contribution is -2.35. The zero-order chi connectivity index (χ0) is 27.9. The fourth-order valence-corrected chi connectivity index (χ4v) is 5.89. The zero-order valence-electron chi connectivity index (χ0n) is 24.1. The van der Waals surface area contributed by atoms with E-state index in [2.05, 4.69) is 41.0 Å². The summed E-state index contributed by atoms with van der Waals surface area (Å²) in [4.78, 5) is 18.5. The first-order valence-corrected chi connectivity index (χ1v) is 14.4. The Morgan fingerprint density at radius 3 is 1.57 bits per heavy atom. The second-order valence-electron chi connectivity index (χ2n) is 11.1. The number of hydrogen-bond donors (Lipinski definition) is 0. The van der Waals surface area contributed by atoms with Gasteiger partial charge in [0.1, 0.15) is 11.5 Å². The Morgan fingerprint density at radius 2 is 1.18 bits per heavy atom. The highest BCUT2D eigenvalue weighted by Gasteiger charge is 2.26. The summed E-state index contributed by atoms with van der Waals surface area (Å²) in [7, 11) is 3.43. The molecule has 2 aliphatic heterocycles. The molecule has 40 heavy (non-hydrogen) atoms. The minimum atomic E-state index is 0.147. The van der Waals surface area contributed by atoms with Crippen molar-refractivity contribution in [1.29, 1.82) is 0 Å². The number of benzene rings is 2. The molecule has 1 saturated carbocycles. The van der Waals surface area contributed by atoms with Gasteiger partial charge in [-0.3, -0.25) is 14.6 Å². The average molecular weight is 547 g/mol. The highest BCUT2D eigenvalue weighted by atomic mass is 16.5. The van der Waals surface area contributed by atoms with Gasteiger partial charge in [-0.05, 0) is 66.3 Å². The Morgan fingerprint density at radius 1 is 0.750 bits per heavy atom. The summed E-state index contributed by atoms with van der Waals surface area (Å²) >= 11 is 0. The molecule has 0 amide bonds. The number of ether oxygens (including phenoxy) is 4. The number of ketones is 1. The third-order valence-electron chi connectivity index (χ3n) is 8.01. The van der Waals surface area contributed by atoms with Crippen molar-refractivity contribution in [2.24, 2.45) is 5.92 Å². The number of nitrogens with zero attached hydrogens (tertiary/aromatic N) is 2. The summed E-state index contributed by atoms with van der Waals surface area (Å²) in [5.74, 6) is 2.30. The third-order valence-corrected chi connectivity index (χ3v) is 8.01. The number of carbonyl (C=O) groups excluding carboxylic acids is 1. The molecule has 1 atom stereocenters. The van der Waals surface area contributed by atoms with Crippen molar-refractivity contribution < 1.29 is 23.7 Å². The predicted molar refractivity (Wildman–Crippen MR) is 158 cm³/mol. The fourth-order valence-electron chi connectivity index (χ4n) is 5.89. The van der Waals surface area contributed by atoms with Gasteiger partial charge in [0.25, 0.3) is 0 Å². The first-order chi connectivity index (χ1) is 19.5. The van der Waals surface area contributed by atoms with E-state index >= 15 is 0 Å². The Kier molecular flexibility index (Phi) is 9.70. The predicted octanol–water partition coefficient (Wildman–Crippen LogP) is 4.83. The summed E-state index contributed by atoms with van der Waals surface area (Å²) in [6.45, 7) is 10.5. The molecule has 1 unspecified atom stereocenters. The summed E-state index contributed by atoms with van der Waals surface area (Å²) in [5.41, 5.74) is 6.09. The van der Waals surface area contributed by atoms with Crippen LogP contribution in [-0.4, -0.2) is 82.4 Å². The largest absolute Gasteiger partial charge is 0.496 e. The zero-order valence-corrected chi connectivity index (χ0v) is 24.1. The molecule has 0 radical (unpaired) electrons. The van der Waals surface area contributed by atoms with Crippen molar-refractivity contribution in [2.45, 2.75) is 32.9 Å². The van der Waals surface area contributed by atoms with E-state index in [1.165, 1.54) is 0 Å². The molecule has 0 aromatic heterocycles. The molecule has 3 fully saturated rings. The number of rotatable bonds is 8. The molecular formula is C33H42N2O5. The quantitative estimate of drug-likeness (QED) is 0.440. The first kappa shape index (κ1) is 28.6. The normalized spacial score (nSPS) is 23.1. The number of morpholine rings is 2. The summed E-state index contributed by atoms with van der Waals surface area (Å²) in [5, 5.41) is 0. The lowest BCUT2D eigenvalue weighted by atomic mass is 9.80. The number of Topliss-reactive ketones (excluding diaryl/α,β-unsaturated/α-hetero) is 1. The van der Waals surface area contributed by atoms with Crippen LogP contribution < -0.4 is 9.47 Å². The summed E-state index contributed by atoms with van der Waals surface area (Å²) < 4.78 is 22.3. The molecule has 0 bridgehead atoms. The van der Waals surface area contributed by atoms with Crippen LogP contribution in [0.3, 0.4) is 0 Å². The van der Waals surface area contributed by atoms with Crippen LogP contribution in [0.4, 0.5) is 0 Å². The lowest BCUT2D eigenvalue weighted by Gasteiger charge is -2.27. The molecule has 7 nitrogen and oxygen atoms in total. The highest BCUT2D eigenvalue weighted by molar-refractivity contribution is 6.14. The van der Waals surface area contributed by atoms with E-state index in [0.717, 1.165) is 123 Å². The van der Waals surface area contributed by atoms with Gasteiger partial charge in [-0.1, -0.05) is 19.1 Å². The van der Waals surface area contributed by atoms with Crippen molar-refractivity contribution in [2.75, 3.05) is 66.8 Å². The molecule has 214 valence electrons. The van der Waals surface area contributed by atoms with Crippen LogP contribution in [0.1, 0.15) is 42.0 Å². The molecular weight excluding hydrogens is 504 g/mol. The summed E-state index contributed by atoms with van der Waals surface area (Å²) in [6, 6.07) is 12.5. The number of methoxy groups -OCH3 is 2. The average Bonchev–Trinajstić information content (AvgIpc) is 2.97. The topological polar surface area (TPSA) is 60.5 Å². The molecule has 5 rings (SSSR count). The Balaban J connectivity index is 1.37. The SMILES string of the molecule is COc1ccc(/C=C2/CC(C)C/C(=C\c3ccc(OC)c(CN4CCOCC4)c3)C2=O)cc1CN1CCOCC1. The molecule has 1 aliphatic carbocycles. The first-order valence-electron chi connectivity index (χ1n) is 14.4. The number of carbonyl (C=O) groups is 1. The van der Waals surface area contributed by atoms with Gasteiger partial charge in [0.2, 0.25) is 0 Å². The minimum Gasteiger partial charge on any atom is -0.496 e. The van der Waals surface area contributed by atoms with E-state index < -0.39 is 0 Å². The van der Waals surface area contributed by atoms with Crippen molar-refractivity contribution >= 4 is 17.9 Å². The van der Waals surface area contributed by atoms with Crippen molar-refractivity contribution in [1.82, 2.24) is 9.80 Å². The van der Waals surface area contributed by atoms with E-state index in [0.29, 0.717) is 5.92 Å². The van der Waals surface area contributed by atoms with Crippen LogP contribution in [-0.2, 0) is 27.4 Å². The maximum atomic E-state index is 13.7. The van der Waals surface area contributed by atoms with E-state index in [4.69, 9.17) is 18.9 Å². The fraction of sp³-hybridized carbons (Fsp3) is 0.485. The van der Waals surface area contributed by atoms with Crippen LogP contribution in [0.15, 0.2) is 47.5 Å². The van der Waals surface area contributed by atoms with Crippen LogP contribution in [0.25, 0.3) is 12.2 Å². The van der Waals surface area contributed by atoms with Crippen LogP contribution >= 0.6 is 0 Å². The Bertz CT molecular complexity index is 1150. The van der Waals surface area contributed by atoms with Crippen molar-refractivity contribution in [3.63, 3.8) is 0 Å². The standard InChI is InChI=1S/C33H42N2O5/c1-24-16-27(18-25-4-6-31(37-2)29(20-25)22-34-8-12-39-13-9-34)33(36)28(17-24)19-26-5-7-32(38-3)30(21-26)23-35-10-14-40-15-11-35/h4-7,18-21,24H,8-17,22-23H2,1-3H3/b27-18-,28-19+.